The van der Waals surface area contributed by atoms with E-state index in [1.54, 1.807) is 0 Å². The van der Waals surface area contributed by atoms with Crippen LogP contribution in [0.4, 0.5) is 0 Å². The number of hydrogen-bond donors (Lipinski definition) is 0. The van der Waals surface area contributed by atoms with Gasteiger partial charge in [-0.05, 0) is 51.1 Å². The summed E-state index contributed by atoms with van der Waals surface area (Å²) in [6.45, 7) is 9.38. The van der Waals surface area contributed by atoms with Gasteiger partial charge in [0, 0.05) is 5.54 Å². The maximum absolute atomic E-state index is 12.1. The molecule has 0 radical (unpaired) electrons. The van der Waals surface area contributed by atoms with E-state index >= 15 is 0 Å². The van der Waals surface area contributed by atoms with Crippen molar-refractivity contribution in [2.75, 3.05) is 19.7 Å². The van der Waals surface area contributed by atoms with Crippen LogP contribution in [-0.2, 0) is 9.53 Å². The van der Waals surface area contributed by atoms with Crippen molar-refractivity contribution in [1.82, 2.24) is 4.90 Å². The number of nitrogens with zero attached hydrogens (tertiary/aromatic N) is 1. The smallest absolute Gasteiger partial charge is 0.307 e. The monoisotopic (exact) mass is 267 g/mol. The largest absolute Gasteiger partial charge is 0.466 e. The van der Waals surface area contributed by atoms with Gasteiger partial charge in [0.25, 0.3) is 0 Å². The number of likely N-dealkylation sites (tertiary alicyclic amines) is 1. The van der Waals surface area contributed by atoms with Crippen molar-refractivity contribution in [2.45, 2.75) is 71.3 Å². The van der Waals surface area contributed by atoms with E-state index < -0.39 is 0 Å². The Morgan fingerprint density at radius 1 is 1.11 bits per heavy atom. The fraction of sp³-hybridized carbons (Fsp3) is 0.938. The highest BCUT2D eigenvalue weighted by atomic mass is 16.5. The molecule has 1 saturated carbocycles. The highest BCUT2D eigenvalue weighted by Gasteiger charge is 2.53. The van der Waals surface area contributed by atoms with E-state index in [4.69, 9.17) is 4.74 Å². The van der Waals surface area contributed by atoms with E-state index in [9.17, 15) is 4.79 Å². The molecular weight excluding hydrogens is 238 g/mol. The number of carbonyl (C=O) groups excluding carboxylic acids is 1. The molecule has 3 nitrogen and oxygen atoms in total. The van der Waals surface area contributed by atoms with Crippen LogP contribution in [0.2, 0.25) is 0 Å². The molecule has 2 rings (SSSR count). The van der Waals surface area contributed by atoms with Crippen LogP contribution in [0.15, 0.2) is 0 Å². The minimum Gasteiger partial charge on any atom is -0.466 e. The summed E-state index contributed by atoms with van der Waals surface area (Å²) in [4.78, 5) is 14.7. The number of ether oxygens (including phenoxy) is 1. The highest BCUT2D eigenvalue weighted by Crippen LogP contribution is 2.52. The van der Waals surface area contributed by atoms with E-state index in [1.807, 2.05) is 6.92 Å². The SMILES string of the molecule is CCOC(=O)CC1(N2CCCCC2)CCCC1(C)C. The van der Waals surface area contributed by atoms with E-state index in [-0.39, 0.29) is 16.9 Å². The van der Waals surface area contributed by atoms with Gasteiger partial charge in [-0.15, -0.1) is 0 Å². The summed E-state index contributed by atoms with van der Waals surface area (Å²) >= 11 is 0. The predicted octanol–water partition coefficient (Wildman–Crippen LogP) is 3.37. The van der Waals surface area contributed by atoms with Gasteiger partial charge >= 0.3 is 5.97 Å². The fourth-order valence-electron chi connectivity index (χ4n) is 4.19. The summed E-state index contributed by atoms with van der Waals surface area (Å²) in [5.41, 5.74) is 0.261. The Morgan fingerprint density at radius 2 is 1.79 bits per heavy atom. The third kappa shape index (κ3) is 2.81. The maximum Gasteiger partial charge on any atom is 0.307 e. The van der Waals surface area contributed by atoms with Crippen LogP contribution in [0, 0.1) is 5.41 Å². The van der Waals surface area contributed by atoms with Crippen molar-refractivity contribution >= 4 is 5.97 Å². The molecule has 2 fully saturated rings. The van der Waals surface area contributed by atoms with Gasteiger partial charge in [0.1, 0.15) is 0 Å². The van der Waals surface area contributed by atoms with Crippen molar-refractivity contribution in [1.29, 1.82) is 0 Å². The average molecular weight is 267 g/mol. The summed E-state index contributed by atoms with van der Waals surface area (Å²) in [5.74, 6) is -0.0111. The molecule has 0 N–H and O–H groups in total. The molecule has 1 heterocycles. The molecule has 1 atom stereocenters. The van der Waals surface area contributed by atoms with Crippen LogP contribution in [0.3, 0.4) is 0 Å². The summed E-state index contributed by atoms with van der Waals surface area (Å²) in [5, 5.41) is 0. The molecule has 3 heteroatoms. The standard InChI is InChI=1S/C16H29NO2/c1-4-19-14(18)13-16(10-8-9-15(16,2)3)17-11-6-5-7-12-17/h4-13H2,1-3H3. The number of rotatable bonds is 4. The number of carbonyl (C=O) groups is 1. The van der Waals surface area contributed by atoms with Crippen molar-refractivity contribution in [3.8, 4) is 0 Å². The molecule has 110 valence electrons. The van der Waals surface area contributed by atoms with Crippen LogP contribution in [-0.4, -0.2) is 36.1 Å². The number of esters is 1. The van der Waals surface area contributed by atoms with Gasteiger partial charge in [-0.3, -0.25) is 9.69 Å². The fourth-order valence-corrected chi connectivity index (χ4v) is 4.19. The molecule has 0 bridgehead atoms. The second-order valence-corrected chi connectivity index (χ2v) is 6.80. The van der Waals surface area contributed by atoms with Crippen LogP contribution in [0.5, 0.6) is 0 Å². The Hall–Kier alpha value is -0.570. The van der Waals surface area contributed by atoms with Crippen molar-refractivity contribution in [3.63, 3.8) is 0 Å². The van der Waals surface area contributed by atoms with Crippen LogP contribution < -0.4 is 0 Å². The van der Waals surface area contributed by atoms with E-state index in [0.717, 1.165) is 19.5 Å². The third-order valence-electron chi connectivity index (χ3n) is 5.36. The third-order valence-corrected chi connectivity index (χ3v) is 5.36. The number of piperidine rings is 1. The maximum atomic E-state index is 12.1. The predicted molar refractivity (Wildman–Crippen MR) is 77.0 cm³/mol. The molecule has 1 saturated heterocycles. The molecule has 1 aliphatic carbocycles. The van der Waals surface area contributed by atoms with Crippen LogP contribution in [0.1, 0.15) is 65.7 Å². The van der Waals surface area contributed by atoms with Gasteiger partial charge < -0.3 is 4.74 Å². The molecule has 2 aliphatic rings. The molecule has 1 aliphatic heterocycles. The van der Waals surface area contributed by atoms with Gasteiger partial charge in [-0.25, -0.2) is 0 Å². The molecular formula is C16H29NO2. The molecule has 19 heavy (non-hydrogen) atoms. The average Bonchev–Trinajstić information content (AvgIpc) is 2.67. The Balaban J connectivity index is 2.19. The highest BCUT2D eigenvalue weighted by molar-refractivity contribution is 5.71. The lowest BCUT2D eigenvalue weighted by atomic mass is 9.71. The van der Waals surface area contributed by atoms with Crippen molar-refractivity contribution in [3.05, 3.63) is 0 Å². The molecule has 0 amide bonds. The minimum absolute atomic E-state index is 0.0111. The van der Waals surface area contributed by atoms with Gasteiger partial charge in [-0.2, -0.15) is 0 Å². The molecule has 0 spiro atoms. The quantitative estimate of drug-likeness (QED) is 0.731. The Labute approximate surface area is 117 Å². The lowest BCUT2D eigenvalue weighted by Crippen LogP contribution is -2.58. The Kier molecular flexibility index (Phi) is 4.54. The van der Waals surface area contributed by atoms with Crippen LogP contribution in [0.25, 0.3) is 0 Å². The zero-order valence-electron chi connectivity index (χ0n) is 12.8. The Bertz CT molecular complexity index is 321. The lowest BCUT2D eigenvalue weighted by molar-refractivity contribution is -0.149. The first-order valence-electron chi connectivity index (χ1n) is 7.92. The molecule has 0 aromatic rings. The van der Waals surface area contributed by atoms with Gasteiger partial charge in [0.15, 0.2) is 0 Å². The second kappa shape index (κ2) is 5.82. The summed E-state index contributed by atoms with van der Waals surface area (Å²) < 4.78 is 5.25. The Morgan fingerprint density at radius 3 is 2.32 bits per heavy atom. The normalized spacial score (nSPS) is 31.3. The summed E-state index contributed by atoms with van der Waals surface area (Å²) in [6, 6.07) is 0. The second-order valence-electron chi connectivity index (χ2n) is 6.80. The summed E-state index contributed by atoms with van der Waals surface area (Å²) in [7, 11) is 0. The topological polar surface area (TPSA) is 29.5 Å². The lowest BCUT2D eigenvalue weighted by Gasteiger charge is -2.51. The minimum atomic E-state index is -0.0111. The zero-order valence-corrected chi connectivity index (χ0v) is 12.8. The summed E-state index contributed by atoms with van der Waals surface area (Å²) in [6.07, 6.45) is 8.09. The first kappa shape index (κ1) is 14.8. The van der Waals surface area contributed by atoms with Gasteiger partial charge in [-0.1, -0.05) is 26.7 Å². The molecule has 1 unspecified atom stereocenters. The van der Waals surface area contributed by atoms with Crippen molar-refractivity contribution in [2.24, 2.45) is 5.41 Å². The van der Waals surface area contributed by atoms with Gasteiger partial charge in [0.2, 0.25) is 0 Å². The van der Waals surface area contributed by atoms with E-state index in [2.05, 4.69) is 18.7 Å². The first-order valence-corrected chi connectivity index (χ1v) is 7.92. The first-order chi connectivity index (χ1) is 9.02. The number of hydrogen-bond acceptors (Lipinski definition) is 3. The molecule has 0 aromatic carbocycles. The van der Waals surface area contributed by atoms with E-state index in [0.29, 0.717) is 13.0 Å². The van der Waals surface area contributed by atoms with Crippen LogP contribution >= 0.6 is 0 Å². The van der Waals surface area contributed by atoms with Crippen molar-refractivity contribution < 1.29 is 9.53 Å². The zero-order chi connectivity index (χ0) is 13.9. The molecule has 0 aromatic heterocycles. The van der Waals surface area contributed by atoms with E-state index in [1.165, 1.54) is 32.1 Å². The van der Waals surface area contributed by atoms with Gasteiger partial charge in [0.05, 0.1) is 13.0 Å².